The summed E-state index contributed by atoms with van der Waals surface area (Å²) in [5.41, 5.74) is 7.30. The van der Waals surface area contributed by atoms with Gasteiger partial charge in [-0.15, -0.1) is 11.3 Å². The number of aromatic nitrogens is 1. The molecule has 2 nitrogen and oxygen atoms in total. The summed E-state index contributed by atoms with van der Waals surface area (Å²) in [6.07, 6.45) is 0. The molecule has 1 aliphatic heterocycles. The lowest BCUT2D eigenvalue weighted by Crippen LogP contribution is -2.55. The maximum atomic E-state index is 6.54. The van der Waals surface area contributed by atoms with Gasteiger partial charge in [0.25, 0.3) is 6.71 Å². The zero-order valence-electron chi connectivity index (χ0n) is 21.5. The van der Waals surface area contributed by atoms with E-state index in [1.165, 1.54) is 58.4 Å². The average molecular weight is 527 g/mol. The van der Waals surface area contributed by atoms with Gasteiger partial charge in [-0.1, -0.05) is 96.5 Å². The first kappa shape index (κ1) is 22.1. The highest BCUT2D eigenvalue weighted by molar-refractivity contribution is 7.27. The predicted octanol–water partition coefficient (Wildman–Crippen LogP) is 7.77. The number of hydrogen-bond acceptors (Lipinski definition) is 2. The fourth-order valence-electron chi connectivity index (χ4n) is 6.62. The molecule has 3 heterocycles. The van der Waals surface area contributed by atoms with Crippen LogP contribution in [0.2, 0.25) is 0 Å². The first-order chi connectivity index (χ1) is 19.8. The fourth-order valence-corrected chi connectivity index (χ4v) is 7.87. The van der Waals surface area contributed by atoms with Gasteiger partial charge in [-0.2, -0.15) is 0 Å². The Morgan fingerprint density at radius 2 is 1.12 bits per heavy atom. The summed E-state index contributed by atoms with van der Waals surface area (Å²) in [6.45, 7) is 0.0600. The third kappa shape index (κ3) is 3.05. The van der Waals surface area contributed by atoms with E-state index in [0.29, 0.717) is 0 Å². The number of hydrogen-bond donors (Lipinski definition) is 0. The smallest absolute Gasteiger partial charge is 0.252 e. The van der Waals surface area contributed by atoms with Gasteiger partial charge in [-0.3, -0.25) is 0 Å². The molecule has 4 heteroatoms. The van der Waals surface area contributed by atoms with Crippen LogP contribution in [0.5, 0.6) is 11.5 Å². The molecular formula is C36H22BNOS. The van der Waals surface area contributed by atoms with Gasteiger partial charge < -0.3 is 9.30 Å². The van der Waals surface area contributed by atoms with E-state index in [4.69, 9.17) is 4.74 Å². The molecule has 0 amide bonds. The molecule has 6 aromatic carbocycles. The van der Waals surface area contributed by atoms with Gasteiger partial charge >= 0.3 is 0 Å². The summed E-state index contributed by atoms with van der Waals surface area (Å²) in [4.78, 5) is 0. The van der Waals surface area contributed by atoms with Crippen molar-refractivity contribution in [3.63, 3.8) is 0 Å². The molecule has 1 aliphatic rings. The summed E-state index contributed by atoms with van der Waals surface area (Å²) >= 11 is 1.89. The number of rotatable bonds is 2. The van der Waals surface area contributed by atoms with Gasteiger partial charge in [-0.05, 0) is 58.8 Å². The van der Waals surface area contributed by atoms with Gasteiger partial charge in [-0.25, -0.2) is 0 Å². The van der Waals surface area contributed by atoms with E-state index in [-0.39, 0.29) is 6.71 Å². The van der Waals surface area contributed by atoms with Crippen LogP contribution in [0.3, 0.4) is 0 Å². The number of thiophene rings is 1. The third-order valence-corrected chi connectivity index (χ3v) is 9.57. The van der Waals surface area contributed by atoms with Crippen LogP contribution in [-0.2, 0) is 0 Å². The zero-order valence-corrected chi connectivity index (χ0v) is 22.4. The normalized spacial score (nSPS) is 12.7. The molecular weight excluding hydrogens is 505 g/mol. The van der Waals surface area contributed by atoms with Crippen molar-refractivity contribution < 1.29 is 4.74 Å². The Kier molecular flexibility index (Phi) is 4.61. The Bertz CT molecular complexity index is 2220. The van der Waals surface area contributed by atoms with E-state index in [1.807, 2.05) is 11.3 Å². The second-order valence-corrected chi connectivity index (χ2v) is 11.5. The summed E-state index contributed by atoms with van der Waals surface area (Å²) in [6, 6.07) is 48.1. The predicted molar refractivity (Wildman–Crippen MR) is 171 cm³/mol. The minimum Gasteiger partial charge on any atom is -0.458 e. The van der Waals surface area contributed by atoms with Crippen molar-refractivity contribution in [2.24, 2.45) is 0 Å². The Labute approximate surface area is 235 Å². The number of benzene rings is 6. The SMILES string of the molecule is c1ccc2c(c1)Oc1ccc(-n3c4ccccc4c4ccccc43)cc1B2c1cccc2c1sc1ccccc12. The highest BCUT2D eigenvalue weighted by Crippen LogP contribution is 2.35. The van der Waals surface area contributed by atoms with Gasteiger partial charge in [0.2, 0.25) is 0 Å². The highest BCUT2D eigenvalue weighted by Gasteiger charge is 2.34. The maximum Gasteiger partial charge on any atom is 0.252 e. The van der Waals surface area contributed by atoms with Crippen molar-refractivity contribution in [3.8, 4) is 17.2 Å². The molecule has 0 atom stereocenters. The topological polar surface area (TPSA) is 14.2 Å². The molecule has 2 aromatic heterocycles. The molecule has 0 saturated carbocycles. The molecule has 0 spiro atoms. The molecule has 0 unspecified atom stereocenters. The van der Waals surface area contributed by atoms with Crippen molar-refractivity contribution in [2.45, 2.75) is 0 Å². The monoisotopic (exact) mass is 527 g/mol. The van der Waals surface area contributed by atoms with Crippen molar-refractivity contribution in [1.29, 1.82) is 0 Å². The quantitative estimate of drug-likeness (QED) is 0.210. The lowest BCUT2D eigenvalue weighted by atomic mass is 9.35. The van der Waals surface area contributed by atoms with E-state index in [1.54, 1.807) is 0 Å². The lowest BCUT2D eigenvalue weighted by molar-refractivity contribution is 0.487. The van der Waals surface area contributed by atoms with Crippen molar-refractivity contribution in [3.05, 3.63) is 133 Å². The molecule has 0 fully saturated rings. The van der Waals surface area contributed by atoms with Crippen molar-refractivity contribution in [2.75, 3.05) is 0 Å². The molecule has 9 rings (SSSR count). The van der Waals surface area contributed by atoms with E-state index < -0.39 is 0 Å². The zero-order chi connectivity index (χ0) is 26.2. The van der Waals surface area contributed by atoms with Gasteiger partial charge in [0, 0.05) is 31.2 Å². The van der Waals surface area contributed by atoms with Crippen LogP contribution >= 0.6 is 11.3 Å². The molecule has 0 bridgehead atoms. The lowest BCUT2D eigenvalue weighted by Gasteiger charge is -2.27. The van der Waals surface area contributed by atoms with Crippen molar-refractivity contribution >= 4 is 76.4 Å². The molecule has 0 aliphatic carbocycles. The molecule has 0 saturated heterocycles. The number of ether oxygens (including phenoxy) is 1. The molecule has 0 N–H and O–H groups in total. The third-order valence-electron chi connectivity index (χ3n) is 8.34. The van der Waals surface area contributed by atoms with E-state index in [9.17, 15) is 0 Å². The van der Waals surface area contributed by atoms with Crippen LogP contribution in [0.25, 0.3) is 47.7 Å². The Hall–Kier alpha value is -4.80. The molecule has 186 valence electrons. The first-order valence-corrected chi connectivity index (χ1v) is 14.5. The van der Waals surface area contributed by atoms with Crippen LogP contribution in [0.1, 0.15) is 0 Å². The van der Waals surface area contributed by atoms with Gasteiger partial charge in [0.15, 0.2) is 0 Å². The number of nitrogens with zero attached hydrogens (tertiary/aromatic N) is 1. The highest BCUT2D eigenvalue weighted by atomic mass is 32.1. The Morgan fingerprint density at radius 3 is 1.95 bits per heavy atom. The average Bonchev–Trinajstić information content (AvgIpc) is 3.56. The molecule has 8 aromatic rings. The van der Waals surface area contributed by atoms with Crippen LogP contribution in [0, 0.1) is 0 Å². The van der Waals surface area contributed by atoms with Gasteiger partial charge in [0.05, 0.1) is 11.0 Å². The Morgan fingerprint density at radius 1 is 0.500 bits per heavy atom. The minimum atomic E-state index is 0.0600. The fraction of sp³-hybridized carbons (Fsp3) is 0. The van der Waals surface area contributed by atoms with Crippen LogP contribution in [0.4, 0.5) is 0 Å². The second kappa shape index (κ2) is 8.35. The summed E-state index contributed by atoms with van der Waals surface area (Å²) < 4.78 is 11.6. The summed E-state index contributed by atoms with van der Waals surface area (Å²) in [5.74, 6) is 1.86. The maximum absolute atomic E-state index is 6.54. The first-order valence-electron chi connectivity index (χ1n) is 13.6. The van der Waals surface area contributed by atoms with E-state index >= 15 is 0 Å². The van der Waals surface area contributed by atoms with E-state index in [2.05, 4.69) is 138 Å². The van der Waals surface area contributed by atoms with Crippen LogP contribution in [0.15, 0.2) is 133 Å². The second-order valence-electron chi connectivity index (χ2n) is 10.5. The van der Waals surface area contributed by atoms with Crippen LogP contribution < -0.4 is 21.1 Å². The van der Waals surface area contributed by atoms with Crippen LogP contribution in [-0.4, -0.2) is 11.3 Å². The largest absolute Gasteiger partial charge is 0.458 e. The molecule has 40 heavy (non-hydrogen) atoms. The van der Waals surface area contributed by atoms with Gasteiger partial charge in [0.1, 0.15) is 11.5 Å². The summed E-state index contributed by atoms with van der Waals surface area (Å²) in [5, 5.41) is 5.18. The van der Waals surface area contributed by atoms with E-state index in [0.717, 1.165) is 17.2 Å². The standard InChI is InChI=1S/C36H22BNOS/c1-5-16-31-24(10-1)25-11-2-6-17-32(25)38(31)23-20-21-34-30(22-23)37(28-14-4-7-18-33(28)39-34)29-15-9-13-27-26-12-3-8-19-35(26)40-36(27)29/h1-22H. The minimum absolute atomic E-state index is 0.0600. The molecule has 0 radical (unpaired) electrons. The number of fused-ring (bicyclic) bond motifs is 8. The number of para-hydroxylation sites is 3. The summed E-state index contributed by atoms with van der Waals surface area (Å²) in [7, 11) is 0. The van der Waals surface area contributed by atoms with Crippen molar-refractivity contribution in [1.82, 2.24) is 4.57 Å². The Balaban J connectivity index is 1.34.